The van der Waals surface area contributed by atoms with Gasteiger partial charge in [-0.3, -0.25) is 0 Å². The van der Waals surface area contributed by atoms with E-state index in [-0.39, 0.29) is 42.3 Å². The van der Waals surface area contributed by atoms with Gasteiger partial charge in [0.1, 0.15) is 30.0 Å². The highest BCUT2D eigenvalue weighted by Crippen LogP contribution is 2.59. The van der Waals surface area contributed by atoms with Crippen LogP contribution in [0.4, 0.5) is 9.59 Å². The lowest BCUT2D eigenvalue weighted by atomic mass is 9.68. The number of rotatable bonds is 15. The molecule has 7 atom stereocenters. The van der Waals surface area contributed by atoms with Crippen molar-refractivity contribution in [3.63, 3.8) is 0 Å². The third-order valence-corrected chi connectivity index (χ3v) is 8.40. The maximum atomic E-state index is 13.0. The number of hydrogen-bond acceptors (Lipinski definition) is 8. The molecule has 0 aromatic rings. The summed E-state index contributed by atoms with van der Waals surface area (Å²) < 4.78 is 29.5. The fourth-order valence-electron chi connectivity index (χ4n) is 5.82. The van der Waals surface area contributed by atoms with E-state index < -0.39 is 23.9 Å². The molecule has 4 unspecified atom stereocenters. The summed E-state index contributed by atoms with van der Waals surface area (Å²) in [5.74, 6) is -0.00275. The molecule has 10 nitrogen and oxygen atoms in total. The van der Waals surface area contributed by atoms with Crippen LogP contribution in [0.3, 0.4) is 0 Å². The number of hydrogen-bond donors (Lipinski definition) is 3. The van der Waals surface area contributed by atoms with Gasteiger partial charge in [0, 0.05) is 13.7 Å². The number of methoxy groups -OCH3 is 1. The predicted octanol–water partition coefficient (Wildman–Crippen LogP) is 4.06. The average Bonchev–Trinajstić information content (AvgIpc) is 3.80. The first kappa shape index (κ1) is 31.6. The van der Waals surface area contributed by atoms with Gasteiger partial charge in [0.2, 0.25) is 0 Å². The quantitative estimate of drug-likeness (QED) is 0.157. The Morgan fingerprint density at radius 2 is 1.87 bits per heavy atom. The van der Waals surface area contributed by atoms with Gasteiger partial charge in [-0.15, -0.1) is 0 Å². The summed E-state index contributed by atoms with van der Waals surface area (Å²) >= 11 is 0. The van der Waals surface area contributed by atoms with Crippen LogP contribution in [0.2, 0.25) is 0 Å². The fraction of sp³-hybridized carbons (Fsp3) is 0.862. The lowest BCUT2D eigenvalue weighted by Gasteiger charge is -2.42. The van der Waals surface area contributed by atoms with E-state index in [0.29, 0.717) is 26.1 Å². The van der Waals surface area contributed by atoms with Crippen molar-refractivity contribution in [1.29, 1.82) is 0 Å². The van der Waals surface area contributed by atoms with E-state index in [2.05, 4.69) is 37.5 Å². The van der Waals surface area contributed by atoms with Gasteiger partial charge < -0.3 is 40.1 Å². The van der Waals surface area contributed by atoms with E-state index in [1.807, 2.05) is 13.8 Å². The SMILES string of the molecule is COC1C(OC(=O)N[C@@H](COC(=O)NCCCCCCN)C(C)C)CCC2(CO2)C1[C@]1(C)O[C@@H]1CC=C(C)C. The van der Waals surface area contributed by atoms with Crippen molar-refractivity contribution in [3.05, 3.63) is 11.6 Å². The van der Waals surface area contributed by atoms with Crippen LogP contribution >= 0.6 is 0 Å². The molecule has 0 aromatic heterocycles. The van der Waals surface area contributed by atoms with Crippen LogP contribution in [-0.4, -0.2) is 81.2 Å². The van der Waals surface area contributed by atoms with Gasteiger partial charge >= 0.3 is 12.2 Å². The van der Waals surface area contributed by atoms with E-state index in [9.17, 15) is 9.59 Å². The lowest BCUT2D eigenvalue weighted by molar-refractivity contribution is -0.118. The Hall–Kier alpha value is -1.88. The molecule has 10 heteroatoms. The molecule has 2 aliphatic heterocycles. The Morgan fingerprint density at radius 1 is 1.15 bits per heavy atom. The van der Waals surface area contributed by atoms with E-state index in [1.165, 1.54) is 5.57 Å². The number of unbranched alkanes of at least 4 members (excludes halogenated alkanes) is 3. The van der Waals surface area contributed by atoms with Crippen LogP contribution in [-0.2, 0) is 23.7 Å². The van der Waals surface area contributed by atoms with Crippen molar-refractivity contribution in [2.45, 2.75) is 115 Å². The molecule has 3 aliphatic rings. The number of alkyl carbamates (subject to hydrolysis) is 2. The van der Waals surface area contributed by atoms with Crippen LogP contribution in [0.15, 0.2) is 11.6 Å². The molecule has 2 saturated heterocycles. The lowest BCUT2D eigenvalue weighted by Crippen LogP contribution is -2.56. The van der Waals surface area contributed by atoms with Crippen LogP contribution in [0.1, 0.15) is 79.6 Å². The summed E-state index contributed by atoms with van der Waals surface area (Å²) in [7, 11) is 1.66. The van der Waals surface area contributed by atoms with Crippen molar-refractivity contribution < 1.29 is 33.3 Å². The monoisotopic (exact) mass is 553 g/mol. The van der Waals surface area contributed by atoms with Gasteiger partial charge in [0.25, 0.3) is 0 Å². The predicted molar refractivity (Wildman–Crippen MR) is 148 cm³/mol. The third-order valence-electron chi connectivity index (χ3n) is 8.40. The molecule has 3 rings (SSSR count). The zero-order chi connectivity index (χ0) is 28.6. The van der Waals surface area contributed by atoms with Crippen LogP contribution < -0.4 is 16.4 Å². The molecule has 1 saturated carbocycles. The standard InChI is InChI=1S/C29H51N3O7/c1-19(2)11-12-23-28(5,39-23)25-24(35-6)22(13-14-29(25)18-37-29)38-27(34)32-21(20(3)4)17-36-26(33)31-16-10-8-7-9-15-30/h11,20-25H,7-10,12-18,30H2,1-6H3,(H,31,33)(H,32,34)/t21-,22?,23+,24?,25?,28+,29?/m0/s1. The number of nitrogens with two attached hydrogens (primary N) is 1. The first-order valence-electron chi connectivity index (χ1n) is 14.6. The number of carbonyl (C=O) groups is 2. The molecule has 0 aromatic carbocycles. The number of amides is 2. The Labute approximate surface area is 234 Å². The minimum atomic E-state index is -0.543. The average molecular weight is 554 g/mol. The molecule has 0 bridgehead atoms. The van der Waals surface area contributed by atoms with Crippen LogP contribution in [0, 0.1) is 11.8 Å². The fourth-order valence-corrected chi connectivity index (χ4v) is 5.82. The molecule has 224 valence electrons. The Morgan fingerprint density at radius 3 is 2.49 bits per heavy atom. The smallest absolute Gasteiger partial charge is 0.407 e. The topological polar surface area (TPSA) is 137 Å². The summed E-state index contributed by atoms with van der Waals surface area (Å²) in [5.41, 5.74) is 6.08. The van der Waals surface area contributed by atoms with Crippen LogP contribution in [0.25, 0.3) is 0 Å². The second-order valence-corrected chi connectivity index (χ2v) is 12.0. The number of nitrogens with one attached hydrogen (secondary N) is 2. The largest absolute Gasteiger partial charge is 0.447 e. The zero-order valence-electron chi connectivity index (χ0n) is 24.8. The zero-order valence-corrected chi connectivity index (χ0v) is 24.8. The summed E-state index contributed by atoms with van der Waals surface area (Å²) in [5, 5.41) is 5.66. The van der Waals surface area contributed by atoms with Crippen molar-refractivity contribution >= 4 is 12.2 Å². The number of allylic oxidation sites excluding steroid dienone is 1. The highest BCUT2D eigenvalue weighted by molar-refractivity contribution is 5.69. The van der Waals surface area contributed by atoms with E-state index in [4.69, 9.17) is 29.4 Å². The van der Waals surface area contributed by atoms with E-state index >= 15 is 0 Å². The highest BCUT2D eigenvalue weighted by atomic mass is 16.6. The van der Waals surface area contributed by atoms with Crippen molar-refractivity contribution in [2.24, 2.45) is 17.6 Å². The summed E-state index contributed by atoms with van der Waals surface area (Å²) in [6.07, 6.45) is 6.68. The summed E-state index contributed by atoms with van der Waals surface area (Å²) in [6, 6.07) is -0.385. The molecule has 3 fully saturated rings. The Bertz CT molecular complexity index is 843. The van der Waals surface area contributed by atoms with Gasteiger partial charge in [-0.05, 0) is 65.3 Å². The van der Waals surface area contributed by atoms with Crippen molar-refractivity contribution in [3.8, 4) is 0 Å². The molecule has 4 N–H and O–H groups in total. The number of epoxide rings is 2. The van der Waals surface area contributed by atoms with Gasteiger partial charge in [-0.25, -0.2) is 9.59 Å². The van der Waals surface area contributed by atoms with E-state index in [1.54, 1.807) is 7.11 Å². The summed E-state index contributed by atoms with van der Waals surface area (Å²) in [6.45, 7) is 12.2. The highest BCUT2D eigenvalue weighted by Gasteiger charge is 2.72. The number of carbonyl (C=O) groups excluding carboxylic acids is 2. The molecular weight excluding hydrogens is 502 g/mol. The van der Waals surface area contributed by atoms with Gasteiger partial charge in [-0.2, -0.15) is 0 Å². The molecule has 2 heterocycles. The second-order valence-electron chi connectivity index (χ2n) is 12.0. The third kappa shape index (κ3) is 8.55. The van der Waals surface area contributed by atoms with Gasteiger partial charge in [-0.1, -0.05) is 38.3 Å². The molecule has 2 amide bonds. The maximum Gasteiger partial charge on any atom is 0.407 e. The number of ether oxygens (including phenoxy) is 5. The molecule has 1 aliphatic carbocycles. The minimum absolute atomic E-state index is 0.0386. The Balaban J connectivity index is 1.51. The molecule has 0 radical (unpaired) electrons. The van der Waals surface area contributed by atoms with E-state index in [0.717, 1.165) is 38.5 Å². The van der Waals surface area contributed by atoms with Crippen LogP contribution in [0.5, 0.6) is 0 Å². The summed E-state index contributed by atoms with van der Waals surface area (Å²) in [4.78, 5) is 25.1. The minimum Gasteiger partial charge on any atom is -0.447 e. The first-order chi connectivity index (χ1) is 18.6. The Kier molecular flexibility index (Phi) is 11.5. The molecule has 39 heavy (non-hydrogen) atoms. The second kappa shape index (κ2) is 14.1. The molecular formula is C29H51N3O7. The van der Waals surface area contributed by atoms with Crippen molar-refractivity contribution in [1.82, 2.24) is 10.6 Å². The first-order valence-corrected chi connectivity index (χ1v) is 14.6. The van der Waals surface area contributed by atoms with Gasteiger partial charge in [0.15, 0.2) is 0 Å². The maximum absolute atomic E-state index is 13.0. The van der Waals surface area contributed by atoms with Gasteiger partial charge in [0.05, 0.1) is 24.7 Å². The normalized spacial score (nSPS) is 31.9. The van der Waals surface area contributed by atoms with Crippen molar-refractivity contribution in [2.75, 3.05) is 33.4 Å². The molecule has 1 spiro atoms.